The third-order valence-electron chi connectivity index (χ3n) is 0.808. The van der Waals surface area contributed by atoms with Crippen LogP contribution in [0.25, 0.3) is 0 Å². The molecule has 0 unspecified atom stereocenters. The first-order chi connectivity index (χ1) is 5.47. The predicted molar refractivity (Wildman–Crippen MR) is 36.0 cm³/mol. The molecule has 0 saturated heterocycles. The number of halogens is 1. The van der Waals surface area contributed by atoms with Crippen molar-refractivity contribution in [1.82, 2.24) is 9.97 Å². The second-order valence-electron chi connectivity index (χ2n) is 1.74. The molecule has 2 N–H and O–H groups in total. The molecule has 0 spiro atoms. The second kappa shape index (κ2) is 2.99. The Bertz CT molecular complexity index is 362. The first kappa shape index (κ1) is 8.81. The van der Waals surface area contributed by atoms with E-state index in [-0.39, 0.29) is 5.69 Å². The lowest BCUT2D eigenvalue weighted by atomic mass is 10.6. The van der Waals surface area contributed by atoms with Crippen molar-refractivity contribution in [2.75, 3.05) is 4.72 Å². The molecule has 12 heavy (non-hydrogen) atoms. The zero-order chi connectivity index (χ0) is 9.19. The maximum absolute atomic E-state index is 12.0. The number of anilines is 1. The molecule has 0 saturated carbocycles. The summed E-state index contributed by atoms with van der Waals surface area (Å²) in [5.41, 5.74) is -0.237. The van der Waals surface area contributed by atoms with Crippen LogP contribution in [0.4, 0.5) is 10.1 Å². The summed E-state index contributed by atoms with van der Waals surface area (Å²) in [7, 11) is -4.37. The van der Waals surface area contributed by atoms with Crippen LogP contribution in [0.15, 0.2) is 6.20 Å². The fourth-order valence-corrected chi connectivity index (χ4v) is 0.846. The molecule has 65 valence electrons. The average molecular weight is 192 g/mol. The molecule has 0 aliphatic carbocycles. The van der Waals surface area contributed by atoms with E-state index in [0.29, 0.717) is 0 Å². The van der Waals surface area contributed by atoms with Crippen LogP contribution in [0.1, 0.15) is 0 Å². The summed E-state index contributed by atoms with van der Waals surface area (Å²) in [5, 5.41) is 0. The van der Waals surface area contributed by atoms with Crippen molar-refractivity contribution in [3.63, 3.8) is 0 Å². The van der Waals surface area contributed by atoms with Crippen LogP contribution in [-0.4, -0.2) is 22.9 Å². The molecule has 0 aliphatic heterocycles. The van der Waals surface area contributed by atoms with Gasteiger partial charge in [-0.15, -0.1) is 0 Å². The largest absolute Gasteiger partial charge is 0.357 e. The van der Waals surface area contributed by atoms with Gasteiger partial charge in [-0.05, 0) is 0 Å². The fourth-order valence-electron chi connectivity index (χ4n) is 0.470. The minimum atomic E-state index is -4.37. The molecule has 1 aromatic rings. The minimum absolute atomic E-state index is 0.237. The number of nitrogens with one attached hydrogen (secondary N) is 1. The zero-order valence-electron chi connectivity index (χ0n) is 5.52. The van der Waals surface area contributed by atoms with E-state index >= 15 is 0 Å². The van der Waals surface area contributed by atoms with Crippen molar-refractivity contribution >= 4 is 16.0 Å². The van der Waals surface area contributed by atoms with Gasteiger partial charge in [0.25, 0.3) is 0 Å². The Balaban J connectivity index is 2.85. The van der Waals surface area contributed by atoms with Crippen LogP contribution < -0.4 is 4.72 Å². The maximum atomic E-state index is 12.0. The summed E-state index contributed by atoms with van der Waals surface area (Å²) in [6.07, 6.45) is 1.75. The zero-order valence-corrected chi connectivity index (χ0v) is 6.34. The van der Waals surface area contributed by atoms with E-state index in [1.807, 2.05) is 6.20 Å². The van der Waals surface area contributed by atoms with Crippen LogP contribution in [0.3, 0.4) is 0 Å². The Morgan fingerprint density at radius 2 is 2.33 bits per heavy atom. The molecule has 0 bridgehead atoms. The van der Waals surface area contributed by atoms with E-state index in [1.165, 1.54) is 0 Å². The van der Waals surface area contributed by atoms with Crippen molar-refractivity contribution in [3.8, 4) is 0 Å². The molecule has 1 aromatic heterocycles. The molecule has 1 heterocycles. The van der Waals surface area contributed by atoms with Gasteiger partial charge in [0.1, 0.15) is 6.20 Å². The smallest absolute Gasteiger partial charge is 0.269 e. The maximum Gasteiger partial charge on any atom is 0.357 e. The summed E-state index contributed by atoms with van der Waals surface area (Å²) < 4.78 is 42.2. The highest BCUT2D eigenvalue weighted by Gasteiger charge is 2.04. The summed E-state index contributed by atoms with van der Waals surface area (Å²) in [6.45, 7) is 0. The molecule has 0 aromatic carbocycles. The molecule has 1 rings (SSSR count). The van der Waals surface area contributed by atoms with Crippen molar-refractivity contribution in [2.45, 2.75) is 0 Å². The number of aromatic nitrogens is 2. The molecular weight excluding hydrogens is 189 g/mol. The average Bonchev–Trinajstić information content (AvgIpc) is 1.91. The van der Waals surface area contributed by atoms with Gasteiger partial charge in [-0.1, -0.05) is 0 Å². The van der Waals surface area contributed by atoms with Crippen molar-refractivity contribution in [1.29, 1.82) is 0 Å². The molecule has 0 fully saturated rings. The molecule has 0 aliphatic rings. The Labute approximate surface area is 67.4 Å². The quantitative estimate of drug-likeness (QED) is 0.492. The van der Waals surface area contributed by atoms with E-state index in [9.17, 15) is 12.8 Å². The summed E-state index contributed by atoms with van der Waals surface area (Å²) in [5.74, 6) is 0. The topological polar surface area (TPSA) is 92.2 Å². The van der Waals surface area contributed by atoms with Crippen LogP contribution in [-0.2, 0) is 10.3 Å². The first-order valence-corrected chi connectivity index (χ1v) is 4.07. The number of hydrogen-bond acceptors (Lipinski definition) is 4. The van der Waals surface area contributed by atoms with E-state index in [2.05, 4.69) is 9.97 Å². The Kier molecular flexibility index (Phi) is 2.20. The van der Waals surface area contributed by atoms with Crippen LogP contribution in [0, 0.1) is 12.3 Å². The van der Waals surface area contributed by atoms with E-state index in [4.69, 9.17) is 4.55 Å². The van der Waals surface area contributed by atoms with Crippen molar-refractivity contribution in [2.24, 2.45) is 0 Å². The van der Waals surface area contributed by atoms with E-state index in [0.717, 1.165) is 6.20 Å². The predicted octanol–water partition coefficient (Wildman–Crippen LogP) is -0.369. The summed E-state index contributed by atoms with van der Waals surface area (Å²) >= 11 is 0. The molecule has 8 heteroatoms. The third-order valence-corrected chi connectivity index (χ3v) is 1.29. The van der Waals surface area contributed by atoms with Gasteiger partial charge in [0.15, 0.2) is 0 Å². The van der Waals surface area contributed by atoms with Gasteiger partial charge in [-0.2, -0.15) is 17.8 Å². The van der Waals surface area contributed by atoms with Gasteiger partial charge >= 0.3 is 16.4 Å². The standard InChI is InChI=1S/C4H3FN3O3S/c5-4-6-1-3(2-7-4)8-12(9,10)11/h1,8H,(H,9,10,11). The van der Waals surface area contributed by atoms with Crippen molar-refractivity contribution in [3.05, 3.63) is 18.5 Å². The van der Waals surface area contributed by atoms with Gasteiger partial charge in [-0.3, -0.25) is 9.27 Å². The third kappa shape index (κ3) is 2.76. The molecule has 0 amide bonds. The lowest BCUT2D eigenvalue weighted by Gasteiger charge is -1.98. The molecular formula is C4H3FN3O3S. The SMILES string of the molecule is O=S(=O)(O)Nc1[c]nc(F)nc1. The second-order valence-corrected chi connectivity index (χ2v) is 2.90. The minimum Gasteiger partial charge on any atom is -0.269 e. The number of hydrogen-bond donors (Lipinski definition) is 2. The lowest BCUT2D eigenvalue weighted by molar-refractivity contribution is 0.489. The summed E-state index contributed by atoms with van der Waals surface area (Å²) in [6, 6.07) is 0. The van der Waals surface area contributed by atoms with Gasteiger partial charge < -0.3 is 0 Å². The Morgan fingerprint density at radius 1 is 1.67 bits per heavy atom. The highest BCUT2D eigenvalue weighted by Crippen LogP contribution is 2.02. The van der Waals surface area contributed by atoms with Gasteiger partial charge in [-0.25, -0.2) is 4.98 Å². The normalized spacial score (nSPS) is 11.2. The number of nitrogens with zero attached hydrogens (tertiary/aromatic N) is 2. The van der Waals surface area contributed by atoms with Crippen molar-refractivity contribution < 1.29 is 17.4 Å². The van der Waals surface area contributed by atoms with Crippen LogP contribution >= 0.6 is 0 Å². The molecule has 0 atom stereocenters. The Hall–Kier alpha value is -1.28. The fraction of sp³-hybridized carbons (Fsp3) is 0. The van der Waals surface area contributed by atoms with Crippen LogP contribution in [0.2, 0.25) is 0 Å². The molecule has 1 radical (unpaired) electrons. The molecule has 6 nitrogen and oxygen atoms in total. The summed E-state index contributed by atoms with van der Waals surface area (Å²) in [4.78, 5) is 5.94. The first-order valence-electron chi connectivity index (χ1n) is 2.63. The monoisotopic (exact) mass is 192 g/mol. The van der Waals surface area contributed by atoms with Gasteiger partial charge in [0, 0.05) is 0 Å². The van der Waals surface area contributed by atoms with Gasteiger partial charge in [0.05, 0.1) is 11.9 Å². The highest BCUT2D eigenvalue weighted by molar-refractivity contribution is 7.87. The number of rotatable bonds is 2. The highest BCUT2D eigenvalue weighted by atomic mass is 32.2. The Morgan fingerprint density at radius 3 is 2.75 bits per heavy atom. The van der Waals surface area contributed by atoms with E-state index < -0.39 is 16.4 Å². The van der Waals surface area contributed by atoms with E-state index in [1.54, 1.807) is 4.72 Å². The van der Waals surface area contributed by atoms with Gasteiger partial charge in [0.2, 0.25) is 0 Å². The van der Waals surface area contributed by atoms with Crippen LogP contribution in [0.5, 0.6) is 0 Å². The lowest BCUT2D eigenvalue weighted by Crippen LogP contribution is -2.11.